The molecule has 130 valence electrons. The van der Waals surface area contributed by atoms with Crippen molar-refractivity contribution in [2.75, 3.05) is 6.54 Å². The maximum Gasteiger partial charge on any atom is 0.0965 e. The van der Waals surface area contributed by atoms with Gasteiger partial charge in [-0.2, -0.15) is 5.10 Å². The van der Waals surface area contributed by atoms with Crippen LogP contribution in [0.25, 0.3) is 0 Å². The summed E-state index contributed by atoms with van der Waals surface area (Å²) in [4.78, 5) is 14.6. The van der Waals surface area contributed by atoms with Crippen LogP contribution in [0.1, 0.15) is 55.2 Å². The van der Waals surface area contributed by atoms with E-state index in [9.17, 15) is 0 Å². The van der Waals surface area contributed by atoms with Gasteiger partial charge in [0.2, 0.25) is 0 Å². The van der Waals surface area contributed by atoms with E-state index in [1.54, 1.807) is 6.33 Å². The van der Waals surface area contributed by atoms with E-state index >= 15 is 0 Å². The van der Waals surface area contributed by atoms with Gasteiger partial charge in [-0.3, -0.25) is 15.0 Å². The van der Waals surface area contributed by atoms with Gasteiger partial charge in [0.25, 0.3) is 0 Å². The van der Waals surface area contributed by atoms with Crippen molar-refractivity contribution in [3.63, 3.8) is 0 Å². The number of rotatable bonds is 3. The summed E-state index contributed by atoms with van der Waals surface area (Å²) >= 11 is 0. The lowest BCUT2D eigenvalue weighted by molar-refractivity contribution is 0.196. The number of hydrogen-bond acceptors (Lipinski definition) is 4. The third-order valence-corrected chi connectivity index (χ3v) is 4.79. The van der Waals surface area contributed by atoms with E-state index in [-0.39, 0.29) is 11.5 Å². The van der Waals surface area contributed by atoms with Crippen molar-refractivity contribution in [2.45, 2.75) is 45.2 Å². The summed E-state index contributed by atoms with van der Waals surface area (Å²) < 4.78 is 0. The highest BCUT2D eigenvalue weighted by Gasteiger charge is 2.33. The summed E-state index contributed by atoms with van der Waals surface area (Å²) in [6.07, 6.45) is 6.52. The molecule has 3 aromatic rings. The number of fused-ring (bicyclic) bond motifs is 1. The molecule has 0 amide bonds. The zero-order valence-electron chi connectivity index (χ0n) is 15.0. The maximum absolute atomic E-state index is 4.62. The number of nitrogens with one attached hydrogen (secondary N) is 2. The second-order valence-corrected chi connectivity index (χ2v) is 7.71. The molecule has 1 atom stereocenters. The van der Waals surface area contributed by atoms with Crippen LogP contribution in [0.15, 0.2) is 36.9 Å². The van der Waals surface area contributed by atoms with Gasteiger partial charge >= 0.3 is 0 Å². The molecule has 0 aromatic carbocycles. The number of hydrogen-bond donors (Lipinski definition) is 2. The van der Waals surface area contributed by atoms with Crippen LogP contribution >= 0.6 is 0 Å². The fourth-order valence-electron chi connectivity index (χ4n) is 3.43. The zero-order chi connectivity index (χ0) is 17.4. The van der Waals surface area contributed by atoms with E-state index in [0.717, 1.165) is 36.6 Å². The summed E-state index contributed by atoms with van der Waals surface area (Å²) in [7, 11) is 0. The Morgan fingerprint density at radius 2 is 2.20 bits per heavy atom. The van der Waals surface area contributed by atoms with Crippen molar-refractivity contribution in [1.29, 1.82) is 0 Å². The normalized spacial score (nSPS) is 18.3. The van der Waals surface area contributed by atoms with Crippen LogP contribution < -0.4 is 0 Å². The fourth-order valence-corrected chi connectivity index (χ4v) is 3.43. The molecule has 0 bridgehead atoms. The standard InChI is InChI=1S/C19H24N6/c1-19(2,3)16-9-15(23-24-16)18-17-14(21-12-22-17)6-8-25(18)11-13-5-4-7-20-10-13/h4-5,7,9-10,12,18H,6,8,11H2,1-3H3,(H,21,22)(H,23,24)/t18-/m0/s1. The lowest BCUT2D eigenvalue weighted by Gasteiger charge is -2.34. The summed E-state index contributed by atoms with van der Waals surface area (Å²) in [6, 6.07) is 6.38. The monoisotopic (exact) mass is 336 g/mol. The SMILES string of the molecule is CC(C)(C)c1cc([C@H]2c3nc[nH]c3CCN2Cc2cccnc2)[nH]n1. The van der Waals surface area contributed by atoms with Gasteiger partial charge in [0.05, 0.1) is 29.5 Å². The van der Waals surface area contributed by atoms with Gasteiger partial charge in [-0.05, 0) is 17.7 Å². The zero-order valence-corrected chi connectivity index (χ0v) is 15.0. The van der Waals surface area contributed by atoms with Gasteiger partial charge in [0, 0.05) is 43.0 Å². The highest BCUT2D eigenvalue weighted by Crippen LogP contribution is 2.34. The Balaban J connectivity index is 1.71. The molecule has 1 aliphatic rings. The summed E-state index contributed by atoms with van der Waals surface area (Å²) in [5.41, 5.74) is 5.72. The predicted octanol–water partition coefficient (Wildman–Crippen LogP) is 2.97. The number of aromatic nitrogens is 5. The lowest BCUT2D eigenvalue weighted by atomic mass is 9.91. The number of aromatic amines is 2. The van der Waals surface area contributed by atoms with Crippen molar-refractivity contribution in [3.8, 4) is 0 Å². The van der Waals surface area contributed by atoms with Crippen molar-refractivity contribution in [3.05, 3.63) is 65.3 Å². The molecule has 4 rings (SSSR count). The van der Waals surface area contributed by atoms with E-state index in [2.05, 4.69) is 63.0 Å². The molecule has 4 heterocycles. The van der Waals surface area contributed by atoms with Crippen LogP contribution in [0.2, 0.25) is 0 Å². The first-order valence-electron chi connectivity index (χ1n) is 8.73. The Morgan fingerprint density at radius 1 is 1.32 bits per heavy atom. The Kier molecular flexibility index (Phi) is 3.92. The predicted molar refractivity (Wildman–Crippen MR) is 96.1 cm³/mol. The van der Waals surface area contributed by atoms with Gasteiger partial charge in [0.1, 0.15) is 0 Å². The van der Waals surface area contributed by atoms with E-state index in [0.29, 0.717) is 0 Å². The van der Waals surface area contributed by atoms with Crippen molar-refractivity contribution >= 4 is 0 Å². The minimum atomic E-state index is 0.0198. The van der Waals surface area contributed by atoms with Crippen LogP contribution in [-0.2, 0) is 18.4 Å². The molecule has 0 unspecified atom stereocenters. The molecule has 1 aliphatic heterocycles. The third-order valence-electron chi connectivity index (χ3n) is 4.79. The third kappa shape index (κ3) is 3.09. The van der Waals surface area contributed by atoms with Crippen LogP contribution in [0.4, 0.5) is 0 Å². The number of nitrogens with zero attached hydrogens (tertiary/aromatic N) is 4. The molecule has 25 heavy (non-hydrogen) atoms. The van der Waals surface area contributed by atoms with E-state index in [1.165, 1.54) is 11.3 Å². The first-order chi connectivity index (χ1) is 12.0. The van der Waals surface area contributed by atoms with Crippen LogP contribution in [0, 0.1) is 0 Å². The summed E-state index contributed by atoms with van der Waals surface area (Å²) in [5, 5.41) is 7.83. The van der Waals surface area contributed by atoms with Crippen LogP contribution in [-0.4, -0.2) is 36.6 Å². The highest BCUT2D eigenvalue weighted by atomic mass is 15.2. The Morgan fingerprint density at radius 3 is 2.92 bits per heavy atom. The van der Waals surface area contributed by atoms with Gasteiger partial charge in [0.15, 0.2) is 0 Å². The van der Waals surface area contributed by atoms with Crippen molar-refractivity contribution in [1.82, 2.24) is 30.0 Å². The first-order valence-corrected chi connectivity index (χ1v) is 8.73. The maximum atomic E-state index is 4.62. The Bertz CT molecular complexity index is 842. The van der Waals surface area contributed by atoms with Gasteiger partial charge in [-0.25, -0.2) is 4.98 Å². The first kappa shape index (κ1) is 16.0. The summed E-state index contributed by atoms with van der Waals surface area (Å²) in [6.45, 7) is 8.36. The van der Waals surface area contributed by atoms with Crippen LogP contribution in [0.3, 0.4) is 0 Å². The second-order valence-electron chi connectivity index (χ2n) is 7.71. The minimum Gasteiger partial charge on any atom is -0.348 e. The highest BCUT2D eigenvalue weighted by molar-refractivity contribution is 5.31. The number of imidazole rings is 1. The summed E-state index contributed by atoms with van der Waals surface area (Å²) in [5.74, 6) is 0. The van der Waals surface area contributed by atoms with Gasteiger partial charge in [-0.1, -0.05) is 26.8 Å². The molecule has 6 nitrogen and oxygen atoms in total. The largest absolute Gasteiger partial charge is 0.348 e. The molecule has 6 heteroatoms. The average molecular weight is 336 g/mol. The molecular formula is C19H24N6. The average Bonchev–Trinajstić information content (AvgIpc) is 3.24. The number of pyridine rings is 1. The molecular weight excluding hydrogens is 312 g/mol. The molecule has 0 saturated carbocycles. The van der Waals surface area contributed by atoms with Crippen LogP contribution in [0.5, 0.6) is 0 Å². The quantitative estimate of drug-likeness (QED) is 0.771. The molecule has 0 saturated heterocycles. The van der Waals surface area contributed by atoms with Gasteiger partial charge < -0.3 is 4.98 Å². The molecule has 0 fully saturated rings. The molecule has 0 spiro atoms. The fraction of sp³-hybridized carbons (Fsp3) is 0.421. The van der Waals surface area contributed by atoms with Gasteiger partial charge in [-0.15, -0.1) is 0 Å². The molecule has 2 N–H and O–H groups in total. The minimum absolute atomic E-state index is 0.0198. The molecule has 0 radical (unpaired) electrons. The molecule has 0 aliphatic carbocycles. The topological polar surface area (TPSA) is 73.5 Å². The lowest BCUT2D eigenvalue weighted by Crippen LogP contribution is -2.36. The Hall–Kier alpha value is -2.47. The Labute approximate surface area is 147 Å². The molecule has 3 aromatic heterocycles. The van der Waals surface area contributed by atoms with E-state index in [1.807, 2.05) is 18.5 Å². The second kappa shape index (κ2) is 6.11. The van der Waals surface area contributed by atoms with Crippen molar-refractivity contribution in [2.24, 2.45) is 0 Å². The smallest absolute Gasteiger partial charge is 0.0965 e. The van der Waals surface area contributed by atoms with E-state index in [4.69, 9.17) is 0 Å². The van der Waals surface area contributed by atoms with E-state index < -0.39 is 0 Å². The number of H-pyrrole nitrogens is 2. The van der Waals surface area contributed by atoms with Crippen molar-refractivity contribution < 1.29 is 0 Å².